The Labute approximate surface area is 174 Å². The van der Waals surface area contributed by atoms with E-state index in [0.29, 0.717) is 37.7 Å². The molecule has 3 rings (SSSR count). The summed E-state index contributed by atoms with van der Waals surface area (Å²) >= 11 is 0. The topological polar surface area (TPSA) is 59.1 Å². The molecule has 0 spiro atoms. The van der Waals surface area contributed by atoms with Crippen LogP contribution in [0.25, 0.3) is 0 Å². The van der Waals surface area contributed by atoms with Crippen LogP contribution in [0.4, 0.5) is 0 Å². The average Bonchev–Trinajstić information content (AvgIpc) is 2.77. The Hall–Kier alpha value is -1.93. The lowest BCUT2D eigenvalue weighted by atomic mass is 10.1. The molecular weight excluding hydrogens is 388 g/mol. The van der Waals surface area contributed by atoms with Crippen molar-refractivity contribution in [3.63, 3.8) is 0 Å². The molecule has 0 N–H and O–H groups in total. The third kappa shape index (κ3) is 5.17. The van der Waals surface area contributed by atoms with Gasteiger partial charge in [0.25, 0.3) is 0 Å². The molecule has 0 aliphatic carbocycles. The van der Waals surface area contributed by atoms with Crippen molar-refractivity contribution >= 4 is 10.0 Å². The molecule has 2 aromatic carbocycles. The van der Waals surface area contributed by atoms with Gasteiger partial charge in [0.15, 0.2) is 0 Å². The van der Waals surface area contributed by atoms with E-state index >= 15 is 0 Å². The summed E-state index contributed by atoms with van der Waals surface area (Å²) in [7, 11) is -1.82. The van der Waals surface area contributed by atoms with Crippen LogP contribution in [-0.4, -0.2) is 57.6 Å². The Bertz CT molecular complexity index is 911. The van der Waals surface area contributed by atoms with Gasteiger partial charge in [0.1, 0.15) is 5.75 Å². The van der Waals surface area contributed by atoms with Gasteiger partial charge in [-0.15, -0.1) is 0 Å². The summed E-state index contributed by atoms with van der Waals surface area (Å²) in [5.74, 6) is 0.837. The van der Waals surface area contributed by atoms with Crippen molar-refractivity contribution in [2.24, 2.45) is 0 Å². The molecule has 0 saturated carbocycles. The maximum Gasteiger partial charge on any atom is 0.243 e. The predicted molar refractivity (Wildman–Crippen MR) is 114 cm³/mol. The number of methoxy groups -OCH3 is 1. The van der Waals surface area contributed by atoms with Crippen LogP contribution in [0, 0.1) is 0 Å². The Morgan fingerprint density at radius 2 is 1.86 bits per heavy atom. The molecule has 1 heterocycles. The maximum absolute atomic E-state index is 13.0. The van der Waals surface area contributed by atoms with Crippen molar-refractivity contribution in [1.82, 2.24) is 9.21 Å². The van der Waals surface area contributed by atoms with Crippen LogP contribution in [-0.2, 0) is 21.3 Å². The summed E-state index contributed by atoms with van der Waals surface area (Å²) < 4.78 is 38.1. The zero-order valence-corrected chi connectivity index (χ0v) is 18.2. The van der Waals surface area contributed by atoms with Crippen LogP contribution in [0.1, 0.15) is 31.0 Å². The molecule has 1 unspecified atom stereocenters. The lowest BCUT2D eigenvalue weighted by Gasteiger charge is -2.29. The molecule has 0 amide bonds. The summed E-state index contributed by atoms with van der Waals surface area (Å²) in [5, 5.41) is 0. The Morgan fingerprint density at radius 3 is 2.55 bits per heavy atom. The molecule has 29 heavy (non-hydrogen) atoms. The highest BCUT2D eigenvalue weighted by atomic mass is 32.2. The fraction of sp³-hybridized carbons (Fsp3) is 0.455. The summed E-state index contributed by atoms with van der Waals surface area (Å²) in [5.41, 5.74) is 2.15. The van der Waals surface area contributed by atoms with Crippen molar-refractivity contribution in [3.8, 4) is 5.75 Å². The van der Waals surface area contributed by atoms with Crippen molar-refractivity contribution in [2.45, 2.75) is 31.3 Å². The number of benzene rings is 2. The average molecular weight is 419 g/mol. The molecule has 0 bridgehead atoms. The van der Waals surface area contributed by atoms with Crippen molar-refractivity contribution < 1.29 is 17.9 Å². The minimum absolute atomic E-state index is 0.176. The Morgan fingerprint density at radius 1 is 1.14 bits per heavy atom. The summed E-state index contributed by atoms with van der Waals surface area (Å²) in [6, 6.07) is 15.5. The SMILES string of the molecule is CCN(Cc1cccc(S(=O)(=O)N2CCOCC2)c1)C(C)c1cccc(OC)c1. The monoisotopic (exact) mass is 418 g/mol. The number of hydrogen-bond donors (Lipinski definition) is 0. The molecule has 1 aliphatic heterocycles. The van der Waals surface area contributed by atoms with Gasteiger partial charge in [-0.1, -0.05) is 31.2 Å². The van der Waals surface area contributed by atoms with Crippen molar-refractivity contribution in [3.05, 3.63) is 59.7 Å². The third-order valence-electron chi connectivity index (χ3n) is 5.42. The van der Waals surface area contributed by atoms with Gasteiger partial charge in [-0.25, -0.2) is 8.42 Å². The molecule has 0 aromatic heterocycles. The highest BCUT2D eigenvalue weighted by Crippen LogP contribution is 2.26. The standard InChI is InChI=1S/C22H30N2O4S/c1-4-23(18(2)20-8-6-9-21(16-20)27-3)17-19-7-5-10-22(15-19)29(25,26)24-11-13-28-14-12-24/h5-10,15-16,18H,4,11-14,17H2,1-3H3. The van der Waals surface area contributed by atoms with E-state index in [1.54, 1.807) is 19.2 Å². The smallest absolute Gasteiger partial charge is 0.243 e. The highest BCUT2D eigenvalue weighted by molar-refractivity contribution is 7.89. The molecule has 158 valence electrons. The maximum atomic E-state index is 13.0. The number of sulfonamides is 1. The molecule has 1 fully saturated rings. The Kier molecular flexibility index (Phi) is 7.29. The van der Waals surface area contributed by atoms with Gasteiger partial charge in [-0.3, -0.25) is 4.90 Å². The summed E-state index contributed by atoms with van der Waals surface area (Å²) in [6.07, 6.45) is 0. The summed E-state index contributed by atoms with van der Waals surface area (Å²) in [4.78, 5) is 2.66. The van der Waals surface area contributed by atoms with Gasteiger partial charge in [0.05, 0.1) is 25.2 Å². The van der Waals surface area contributed by atoms with Gasteiger partial charge in [-0.2, -0.15) is 4.31 Å². The van der Waals surface area contributed by atoms with Crippen LogP contribution >= 0.6 is 0 Å². The lowest BCUT2D eigenvalue weighted by Crippen LogP contribution is -2.40. The first-order chi connectivity index (χ1) is 14.0. The molecular formula is C22H30N2O4S. The molecule has 1 atom stereocenters. The molecule has 7 heteroatoms. The van der Waals surface area contributed by atoms with Gasteiger partial charge >= 0.3 is 0 Å². The minimum atomic E-state index is -3.49. The van der Waals surface area contributed by atoms with E-state index in [0.717, 1.165) is 17.9 Å². The van der Waals surface area contributed by atoms with Crippen LogP contribution in [0.3, 0.4) is 0 Å². The van der Waals surface area contributed by atoms with Crippen LogP contribution in [0.5, 0.6) is 5.75 Å². The number of morpholine rings is 1. The fourth-order valence-electron chi connectivity index (χ4n) is 3.61. The van der Waals surface area contributed by atoms with Gasteiger partial charge in [0, 0.05) is 25.7 Å². The number of nitrogens with zero attached hydrogens (tertiary/aromatic N) is 2. The summed E-state index contributed by atoms with van der Waals surface area (Å²) in [6.45, 7) is 7.49. The first kappa shape index (κ1) is 21.8. The molecule has 6 nitrogen and oxygen atoms in total. The largest absolute Gasteiger partial charge is 0.497 e. The van der Waals surface area contributed by atoms with E-state index in [9.17, 15) is 8.42 Å². The van der Waals surface area contributed by atoms with E-state index in [1.807, 2.05) is 30.3 Å². The molecule has 2 aromatic rings. The van der Waals surface area contributed by atoms with Crippen LogP contribution < -0.4 is 4.74 Å². The molecule has 0 radical (unpaired) electrons. The second-order valence-corrected chi connectivity index (χ2v) is 9.12. The van der Waals surface area contributed by atoms with Crippen molar-refractivity contribution in [1.29, 1.82) is 0 Å². The fourth-order valence-corrected chi connectivity index (χ4v) is 5.09. The second-order valence-electron chi connectivity index (χ2n) is 7.18. The first-order valence-electron chi connectivity index (χ1n) is 10.0. The lowest BCUT2D eigenvalue weighted by molar-refractivity contribution is 0.0730. The zero-order valence-electron chi connectivity index (χ0n) is 17.4. The van der Waals surface area contributed by atoms with Gasteiger partial charge in [-0.05, 0) is 48.9 Å². The zero-order chi connectivity index (χ0) is 20.9. The predicted octanol–water partition coefficient (Wildman–Crippen LogP) is 3.30. The quantitative estimate of drug-likeness (QED) is 0.658. The van der Waals surface area contributed by atoms with E-state index in [-0.39, 0.29) is 6.04 Å². The van der Waals surface area contributed by atoms with E-state index in [4.69, 9.17) is 9.47 Å². The van der Waals surface area contributed by atoms with Crippen LogP contribution in [0.15, 0.2) is 53.4 Å². The van der Waals surface area contributed by atoms with E-state index in [2.05, 4.69) is 24.8 Å². The van der Waals surface area contributed by atoms with Crippen molar-refractivity contribution in [2.75, 3.05) is 40.0 Å². The Balaban J connectivity index is 1.78. The molecule has 1 saturated heterocycles. The second kappa shape index (κ2) is 9.71. The normalized spacial score (nSPS) is 16.7. The third-order valence-corrected chi connectivity index (χ3v) is 7.32. The number of ether oxygens (including phenoxy) is 2. The van der Waals surface area contributed by atoms with Crippen LogP contribution in [0.2, 0.25) is 0 Å². The van der Waals surface area contributed by atoms with E-state index < -0.39 is 10.0 Å². The minimum Gasteiger partial charge on any atom is -0.497 e. The van der Waals surface area contributed by atoms with Gasteiger partial charge in [0.2, 0.25) is 10.0 Å². The first-order valence-corrected chi connectivity index (χ1v) is 11.4. The van der Waals surface area contributed by atoms with Gasteiger partial charge < -0.3 is 9.47 Å². The highest BCUT2D eigenvalue weighted by Gasteiger charge is 2.26. The van der Waals surface area contributed by atoms with E-state index in [1.165, 1.54) is 9.87 Å². The molecule has 1 aliphatic rings. The number of hydrogen-bond acceptors (Lipinski definition) is 5. The number of rotatable bonds is 8.